The van der Waals surface area contributed by atoms with Crippen molar-refractivity contribution in [2.75, 3.05) is 32.4 Å². The first-order chi connectivity index (χ1) is 10.2. The molecular formula is C15H24ClIN4S. The van der Waals surface area contributed by atoms with Crippen LogP contribution in [0.2, 0.25) is 5.15 Å². The first kappa shape index (κ1) is 19.8. The van der Waals surface area contributed by atoms with E-state index in [0.717, 1.165) is 37.3 Å². The Balaban J connectivity index is 0.00000242. The van der Waals surface area contributed by atoms with Crippen molar-refractivity contribution in [3.05, 3.63) is 29.0 Å². The molecule has 0 amide bonds. The molecule has 2 rings (SSSR count). The minimum absolute atomic E-state index is 0. The third kappa shape index (κ3) is 6.12. The molecule has 2 heterocycles. The summed E-state index contributed by atoms with van der Waals surface area (Å²) in [6.07, 6.45) is 3.97. The monoisotopic (exact) mass is 454 g/mol. The Morgan fingerprint density at radius 3 is 3.00 bits per heavy atom. The lowest BCUT2D eigenvalue weighted by molar-refractivity contribution is 0.408. The van der Waals surface area contributed by atoms with Gasteiger partial charge in [0.15, 0.2) is 5.96 Å². The predicted octanol–water partition coefficient (Wildman–Crippen LogP) is 3.30. The van der Waals surface area contributed by atoms with E-state index in [9.17, 15) is 0 Å². The third-order valence-corrected chi connectivity index (χ3v) is 5.19. The molecular weight excluding hydrogens is 431 g/mol. The minimum atomic E-state index is 0. The van der Waals surface area contributed by atoms with Gasteiger partial charge in [-0.15, -0.1) is 24.0 Å². The molecule has 0 saturated carbocycles. The number of nitrogens with zero attached hydrogens (tertiary/aromatic N) is 3. The van der Waals surface area contributed by atoms with E-state index in [2.05, 4.69) is 38.9 Å². The molecule has 0 bridgehead atoms. The van der Waals surface area contributed by atoms with Crippen LogP contribution in [0.15, 0.2) is 23.3 Å². The predicted molar refractivity (Wildman–Crippen MR) is 108 cm³/mol. The van der Waals surface area contributed by atoms with E-state index in [0.29, 0.717) is 5.15 Å². The molecule has 1 atom stereocenters. The molecule has 7 heteroatoms. The summed E-state index contributed by atoms with van der Waals surface area (Å²) in [5, 5.41) is 4.71. The molecule has 1 unspecified atom stereocenters. The Kier molecular flexibility index (Phi) is 9.51. The minimum Gasteiger partial charge on any atom is -0.356 e. The van der Waals surface area contributed by atoms with Crippen LogP contribution in [0.5, 0.6) is 0 Å². The Bertz CT molecular complexity index is 469. The molecule has 1 aliphatic heterocycles. The van der Waals surface area contributed by atoms with Crippen molar-refractivity contribution in [3.8, 4) is 0 Å². The zero-order valence-electron chi connectivity index (χ0n) is 13.1. The SMILES string of the molecule is CCC1CN(C(=NC)NCCc2ccc(Cl)nc2)CCS1.I. The first-order valence-corrected chi connectivity index (χ1v) is 8.83. The molecule has 124 valence electrons. The summed E-state index contributed by atoms with van der Waals surface area (Å²) in [6, 6.07) is 3.85. The second kappa shape index (κ2) is 10.5. The number of aliphatic imine (C=N–C) groups is 1. The van der Waals surface area contributed by atoms with Crippen LogP contribution in [0.4, 0.5) is 0 Å². The second-order valence-electron chi connectivity index (χ2n) is 5.06. The zero-order valence-corrected chi connectivity index (χ0v) is 17.0. The topological polar surface area (TPSA) is 40.5 Å². The lowest BCUT2D eigenvalue weighted by Gasteiger charge is -2.34. The van der Waals surface area contributed by atoms with Gasteiger partial charge in [-0.3, -0.25) is 4.99 Å². The van der Waals surface area contributed by atoms with Crippen LogP contribution < -0.4 is 5.32 Å². The van der Waals surface area contributed by atoms with E-state index < -0.39 is 0 Å². The van der Waals surface area contributed by atoms with E-state index >= 15 is 0 Å². The first-order valence-electron chi connectivity index (χ1n) is 7.40. The molecule has 0 aliphatic carbocycles. The van der Waals surface area contributed by atoms with Crippen LogP contribution in [-0.4, -0.2) is 53.5 Å². The van der Waals surface area contributed by atoms with Crippen molar-refractivity contribution >= 4 is 53.3 Å². The Morgan fingerprint density at radius 1 is 1.55 bits per heavy atom. The molecule has 1 fully saturated rings. The van der Waals surface area contributed by atoms with Gasteiger partial charge in [0.05, 0.1) is 0 Å². The molecule has 1 saturated heterocycles. The highest BCUT2D eigenvalue weighted by atomic mass is 127. The van der Waals surface area contributed by atoms with Gasteiger partial charge in [-0.05, 0) is 24.5 Å². The Morgan fingerprint density at radius 2 is 2.36 bits per heavy atom. The van der Waals surface area contributed by atoms with Crippen LogP contribution in [0.1, 0.15) is 18.9 Å². The third-order valence-electron chi connectivity index (χ3n) is 3.59. The summed E-state index contributed by atoms with van der Waals surface area (Å²) in [5.74, 6) is 2.19. The van der Waals surface area contributed by atoms with Crippen LogP contribution in [0.3, 0.4) is 0 Å². The molecule has 0 spiro atoms. The normalized spacial score (nSPS) is 18.8. The number of thioether (sulfide) groups is 1. The van der Waals surface area contributed by atoms with Gasteiger partial charge in [-0.2, -0.15) is 11.8 Å². The van der Waals surface area contributed by atoms with Gasteiger partial charge >= 0.3 is 0 Å². The molecule has 0 aromatic carbocycles. The van der Waals surface area contributed by atoms with Gasteiger partial charge in [0.1, 0.15) is 5.15 Å². The van der Waals surface area contributed by atoms with E-state index in [1.807, 2.05) is 25.4 Å². The Labute approximate surface area is 159 Å². The molecule has 1 aromatic heterocycles. The van der Waals surface area contributed by atoms with Crippen LogP contribution in [0.25, 0.3) is 0 Å². The smallest absolute Gasteiger partial charge is 0.193 e. The summed E-state index contributed by atoms with van der Waals surface area (Å²) < 4.78 is 0. The van der Waals surface area contributed by atoms with Crippen LogP contribution in [-0.2, 0) is 6.42 Å². The second-order valence-corrected chi connectivity index (χ2v) is 6.86. The fraction of sp³-hybridized carbons (Fsp3) is 0.600. The Hall–Kier alpha value is -0.210. The van der Waals surface area contributed by atoms with E-state index in [1.54, 1.807) is 0 Å². The molecule has 4 nitrogen and oxygen atoms in total. The molecule has 1 N–H and O–H groups in total. The molecule has 1 aromatic rings. The number of guanidine groups is 1. The fourth-order valence-corrected chi connectivity index (χ4v) is 3.66. The van der Waals surface area contributed by atoms with Crippen LogP contribution >= 0.6 is 47.3 Å². The summed E-state index contributed by atoms with van der Waals surface area (Å²) in [4.78, 5) is 10.9. The molecule has 22 heavy (non-hydrogen) atoms. The number of rotatable bonds is 4. The number of halogens is 2. The summed E-state index contributed by atoms with van der Waals surface area (Å²) in [7, 11) is 1.86. The lowest BCUT2D eigenvalue weighted by atomic mass is 10.2. The number of nitrogens with one attached hydrogen (secondary N) is 1. The van der Waals surface area contributed by atoms with E-state index in [-0.39, 0.29) is 24.0 Å². The number of aromatic nitrogens is 1. The summed E-state index contributed by atoms with van der Waals surface area (Å²) in [5.41, 5.74) is 1.18. The fourth-order valence-electron chi connectivity index (χ4n) is 2.36. The van der Waals surface area contributed by atoms with Gasteiger partial charge in [0.25, 0.3) is 0 Å². The largest absolute Gasteiger partial charge is 0.356 e. The highest BCUT2D eigenvalue weighted by Crippen LogP contribution is 2.20. The van der Waals surface area contributed by atoms with Gasteiger partial charge in [-0.25, -0.2) is 4.98 Å². The maximum atomic E-state index is 5.79. The number of hydrogen-bond donors (Lipinski definition) is 1. The average Bonchev–Trinajstić information content (AvgIpc) is 2.53. The zero-order chi connectivity index (χ0) is 15.1. The van der Waals surface area contributed by atoms with E-state index in [4.69, 9.17) is 11.6 Å². The van der Waals surface area contributed by atoms with Crippen molar-refractivity contribution in [2.24, 2.45) is 4.99 Å². The van der Waals surface area contributed by atoms with Crippen molar-refractivity contribution < 1.29 is 0 Å². The maximum absolute atomic E-state index is 5.79. The maximum Gasteiger partial charge on any atom is 0.193 e. The van der Waals surface area contributed by atoms with Crippen molar-refractivity contribution in [3.63, 3.8) is 0 Å². The van der Waals surface area contributed by atoms with Gasteiger partial charge in [-0.1, -0.05) is 24.6 Å². The summed E-state index contributed by atoms with van der Waals surface area (Å²) in [6.45, 7) is 5.27. The number of pyridine rings is 1. The molecule has 0 radical (unpaired) electrons. The standard InChI is InChI=1S/C15H23ClN4S.HI/c1-3-13-11-20(8-9-21-13)15(17-2)18-7-6-12-4-5-14(16)19-10-12;/h4-5,10,13H,3,6-9,11H2,1-2H3,(H,17,18);1H. The molecule has 1 aliphatic rings. The number of hydrogen-bond acceptors (Lipinski definition) is 3. The van der Waals surface area contributed by atoms with E-state index in [1.165, 1.54) is 17.7 Å². The highest BCUT2D eigenvalue weighted by Gasteiger charge is 2.21. The van der Waals surface area contributed by atoms with Crippen molar-refractivity contribution in [1.29, 1.82) is 0 Å². The van der Waals surface area contributed by atoms with Gasteiger partial charge < -0.3 is 10.2 Å². The quantitative estimate of drug-likeness (QED) is 0.328. The van der Waals surface area contributed by atoms with Crippen LogP contribution in [0, 0.1) is 0 Å². The van der Waals surface area contributed by atoms with Gasteiger partial charge in [0, 0.05) is 43.9 Å². The van der Waals surface area contributed by atoms with Crippen molar-refractivity contribution in [1.82, 2.24) is 15.2 Å². The highest BCUT2D eigenvalue weighted by molar-refractivity contribution is 14.0. The van der Waals surface area contributed by atoms with Gasteiger partial charge in [0.2, 0.25) is 0 Å². The average molecular weight is 455 g/mol. The lowest BCUT2D eigenvalue weighted by Crippen LogP contribution is -2.48. The summed E-state index contributed by atoms with van der Waals surface area (Å²) >= 11 is 7.86. The van der Waals surface area contributed by atoms with Crippen molar-refractivity contribution in [2.45, 2.75) is 25.0 Å².